The van der Waals surface area contributed by atoms with Gasteiger partial charge in [0.05, 0.1) is 5.75 Å². The lowest BCUT2D eigenvalue weighted by atomic mass is 10.2. The molecule has 0 radical (unpaired) electrons. The molecule has 1 aromatic heterocycles. The van der Waals surface area contributed by atoms with Crippen molar-refractivity contribution in [3.8, 4) is 0 Å². The minimum absolute atomic E-state index is 0.155. The van der Waals surface area contributed by atoms with Crippen molar-refractivity contribution in [1.82, 2.24) is 15.5 Å². The molecule has 1 amide bonds. The largest absolute Gasteiger partial charge is 0.412 e. The first-order chi connectivity index (χ1) is 11.0. The zero-order valence-electron chi connectivity index (χ0n) is 12.2. The van der Waals surface area contributed by atoms with E-state index in [4.69, 9.17) is 16.0 Å². The van der Waals surface area contributed by atoms with Crippen molar-refractivity contribution in [2.24, 2.45) is 0 Å². The van der Waals surface area contributed by atoms with Gasteiger partial charge in [0.1, 0.15) is 0 Å². The SMILES string of the molecule is O=C(CCCl)NCCc1nnc(S(=O)(=O)Cc2ccccc2)o1. The van der Waals surface area contributed by atoms with Gasteiger partial charge < -0.3 is 9.73 Å². The lowest BCUT2D eigenvalue weighted by Gasteiger charge is -2.01. The number of nitrogens with zero attached hydrogens (tertiary/aromatic N) is 2. The van der Waals surface area contributed by atoms with Crippen LogP contribution in [-0.2, 0) is 26.8 Å². The lowest BCUT2D eigenvalue weighted by Crippen LogP contribution is -2.25. The van der Waals surface area contributed by atoms with Gasteiger partial charge in [0, 0.05) is 25.3 Å². The van der Waals surface area contributed by atoms with Crippen molar-refractivity contribution < 1.29 is 17.6 Å². The molecule has 2 aromatic rings. The molecule has 0 saturated heterocycles. The summed E-state index contributed by atoms with van der Waals surface area (Å²) in [4.78, 5) is 11.2. The number of amides is 1. The van der Waals surface area contributed by atoms with Crippen LogP contribution in [0.4, 0.5) is 0 Å². The second-order valence-corrected chi connectivity index (χ2v) is 6.99. The standard InChI is InChI=1S/C14H16ClN3O4S/c15-8-6-12(19)16-9-7-13-17-18-14(22-13)23(20,21)10-11-4-2-1-3-5-11/h1-5H,6-10H2,(H,16,19). The highest BCUT2D eigenvalue weighted by atomic mass is 35.5. The van der Waals surface area contributed by atoms with E-state index in [2.05, 4.69) is 15.5 Å². The number of sulfone groups is 1. The molecule has 7 nitrogen and oxygen atoms in total. The molecule has 0 aliphatic carbocycles. The highest BCUT2D eigenvalue weighted by molar-refractivity contribution is 7.90. The van der Waals surface area contributed by atoms with Crippen molar-refractivity contribution >= 4 is 27.3 Å². The van der Waals surface area contributed by atoms with E-state index in [0.29, 0.717) is 5.56 Å². The molecule has 1 aromatic carbocycles. The van der Waals surface area contributed by atoms with E-state index >= 15 is 0 Å². The number of aromatic nitrogens is 2. The summed E-state index contributed by atoms with van der Waals surface area (Å²) < 4.78 is 29.6. The Bertz CT molecular complexity index is 746. The van der Waals surface area contributed by atoms with E-state index in [-0.39, 0.29) is 42.8 Å². The molecule has 0 unspecified atom stereocenters. The van der Waals surface area contributed by atoms with Crippen LogP contribution in [-0.4, -0.2) is 36.9 Å². The van der Waals surface area contributed by atoms with Gasteiger partial charge in [-0.3, -0.25) is 4.79 Å². The smallest absolute Gasteiger partial charge is 0.335 e. The Kier molecular flexibility index (Phi) is 6.12. The summed E-state index contributed by atoms with van der Waals surface area (Å²) in [5.41, 5.74) is 0.639. The third kappa shape index (κ3) is 5.33. The fourth-order valence-corrected chi connectivity index (χ4v) is 3.12. The van der Waals surface area contributed by atoms with Crippen molar-refractivity contribution in [3.05, 3.63) is 41.8 Å². The molecule has 124 valence electrons. The Hall–Kier alpha value is -1.93. The Morgan fingerprint density at radius 3 is 2.65 bits per heavy atom. The van der Waals surface area contributed by atoms with Gasteiger partial charge in [-0.2, -0.15) is 0 Å². The molecule has 0 aliphatic heterocycles. The van der Waals surface area contributed by atoms with Crippen LogP contribution >= 0.6 is 11.6 Å². The summed E-state index contributed by atoms with van der Waals surface area (Å²) in [7, 11) is -3.69. The molecule has 0 aliphatic rings. The van der Waals surface area contributed by atoms with Crippen LogP contribution in [0.2, 0.25) is 0 Å². The number of benzene rings is 1. The fraction of sp³-hybridized carbons (Fsp3) is 0.357. The van der Waals surface area contributed by atoms with Crippen LogP contribution in [0, 0.1) is 0 Å². The molecule has 9 heteroatoms. The predicted molar refractivity (Wildman–Crippen MR) is 83.7 cm³/mol. The van der Waals surface area contributed by atoms with Crippen LogP contribution in [0.3, 0.4) is 0 Å². The van der Waals surface area contributed by atoms with Crippen LogP contribution in [0.15, 0.2) is 40.0 Å². The number of carbonyl (C=O) groups excluding carboxylic acids is 1. The zero-order chi connectivity index (χ0) is 16.7. The molecular formula is C14H16ClN3O4S. The minimum Gasteiger partial charge on any atom is -0.412 e. The number of hydrogen-bond donors (Lipinski definition) is 1. The third-order valence-corrected chi connectivity index (χ3v) is 4.50. The molecule has 1 heterocycles. The van der Waals surface area contributed by atoms with Crippen molar-refractivity contribution in [2.45, 2.75) is 23.8 Å². The van der Waals surface area contributed by atoms with E-state index in [0.717, 1.165) is 0 Å². The van der Waals surface area contributed by atoms with Gasteiger partial charge in [0.2, 0.25) is 21.6 Å². The Labute approximate surface area is 139 Å². The van der Waals surface area contributed by atoms with Gasteiger partial charge in [-0.25, -0.2) is 8.42 Å². The highest BCUT2D eigenvalue weighted by Crippen LogP contribution is 2.15. The molecule has 0 fully saturated rings. The second-order valence-electron chi connectivity index (χ2n) is 4.75. The van der Waals surface area contributed by atoms with E-state index in [1.54, 1.807) is 30.3 Å². The fourth-order valence-electron chi connectivity index (χ4n) is 1.80. The first-order valence-electron chi connectivity index (χ1n) is 6.93. The summed E-state index contributed by atoms with van der Waals surface area (Å²) in [6.07, 6.45) is 0.476. The lowest BCUT2D eigenvalue weighted by molar-refractivity contribution is -0.120. The van der Waals surface area contributed by atoms with Crippen LogP contribution in [0.1, 0.15) is 17.9 Å². The second kappa shape index (κ2) is 8.07. The molecule has 0 spiro atoms. The monoisotopic (exact) mass is 357 g/mol. The van der Waals surface area contributed by atoms with Gasteiger partial charge in [0.15, 0.2) is 0 Å². The number of halogens is 1. The quantitative estimate of drug-likeness (QED) is 0.715. The molecule has 1 N–H and O–H groups in total. The summed E-state index contributed by atoms with van der Waals surface area (Å²) in [6.45, 7) is 0.274. The van der Waals surface area contributed by atoms with Crippen LogP contribution in [0.25, 0.3) is 0 Å². The molecule has 0 bridgehead atoms. The Balaban J connectivity index is 1.94. The number of alkyl halides is 1. The molecular weight excluding hydrogens is 342 g/mol. The predicted octanol–water partition coefficient (Wildman–Crippen LogP) is 1.33. The average molecular weight is 358 g/mol. The number of nitrogens with one attached hydrogen (secondary N) is 1. The van der Waals surface area contributed by atoms with Gasteiger partial charge >= 0.3 is 5.22 Å². The molecule has 0 atom stereocenters. The average Bonchev–Trinajstić information content (AvgIpc) is 2.98. The van der Waals surface area contributed by atoms with Gasteiger partial charge in [-0.05, 0) is 5.56 Å². The zero-order valence-corrected chi connectivity index (χ0v) is 13.8. The van der Waals surface area contributed by atoms with Gasteiger partial charge in [-0.1, -0.05) is 35.4 Å². The molecule has 2 rings (SSSR count). The maximum atomic E-state index is 12.2. The van der Waals surface area contributed by atoms with Crippen molar-refractivity contribution in [3.63, 3.8) is 0 Å². The van der Waals surface area contributed by atoms with E-state index in [1.807, 2.05) is 0 Å². The summed E-state index contributed by atoms with van der Waals surface area (Å²) in [5.74, 6) is 0.00942. The van der Waals surface area contributed by atoms with E-state index in [1.165, 1.54) is 0 Å². The summed E-state index contributed by atoms with van der Waals surface area (Å²) in [5, 5.41) is 9.48. The normalized spacial score (nSPS) is 11.3. The third-order valence-electron chi connectivity index (χ3n) is 2.90. The van der Waals surface area contributed by atoms with Crippen molar-refractivity contribution in [2.75, 3.05) is 12.4 Å². The van der Waals surface area contributed by atoms with Crippen LogP contribution in [0.5, 0.6) is 0 Å². The highest BCUT2D eigenvalue weighted by Gasteiger charge is 2.22. The topological polar surface area (TPSA) is 102 Å². The van der Waals surface area contributed by atoms with E-state index in [9.17, 15) is 13.2 Å². The maximum Gasteiger partial charge on any atom is 0.335 e. The first-order valence-corrected chi connectivity index (χ1v) is 9.11. The van der Waals surface area contributed by atoms with Gasteiger partial charge in [-0.15, -0.1) is 16.7 Å². The summed E-state index contributed by atoms with van der Waals surface area (Å²) in [6, 6.07) is 8.74. The Morgan fingerprint density at radius 2 is 1.96 bits per heavy atom. The maximum absolute atomic E-state index is 12.2. The number of rotatable bonds is 8. The molecule has 0 saturated carbocycles. The number of carbonyl (C=O) groups is 1. The number of hydrogen-bond acceptors (Lipinski definition) is 6. The van der Waals surface area contributed by atoms with Gasteiger partial charge in [0.25, 0.3) is 0 Å². The first kappa shape index (κ1) is 17.4. The van der Waals surface area contributed by atoms with Crippen LogP contribution < -0.4 is 5.32 Å². The molecule has 23 heavy (non-hydrogen) atoms. The minimum atomic E-state index is -3.69. The summed E-state index contributed by atoms with van der Waals surface area (Å²) >= 11 is 5.44. The Morgan fingerprint density at radius 1 is 1.22 bits per heavy atom. The van der Waals surface area contributed by atoms with Crippen molar-refractivity contribution in [1.29, 1.82) is 0 Å². The van der Waals surface area contributed by atoms with E-state index < -0.39 is 15.1 Å².